The van der Waals surface area contributed by atoms with E-state index in [1.165, 1.54) is 0 Å². The van der Waals surface area contributed by atoms with E-state index in [1.54, 1.807) is 4.90 Å². The van der Waals surface area contributed by atoms with Crippen LogP contribution in [0.2, 0.25) is 0 Å². The third kappa shape index (κ3) is 3.72. The fraction of sp³-hybridized carbons (Fsp3) is 0.846. The third-order valence-electron chi connectivity index (χ3n) is 3.03. The lowest BCUT2D eigenvalue weighted by atomic mass is 9.88. The van der Waals surface area contributed by atoms with Gasteiger partial charge in [-0.1, -0.05) is 0 Å². The Morgan fingerprint density at radius 1 is 1.24 bits per heavy atom. The van der Waals surface area contributed by atoms with Gasteiger partial charge in [-0.25, -0.2) is 4.79 Å². The van der Waals surface area contributed by atoms with Crippen LogP contribution >= 0.6 is 0 Å². The van der Waals surface area contributed by atoms with Gasteiger partial charge in [0.25, 0.3) is 0 Å². The van der Waals surface area contributed by atoms with E-state index in [4.69, 9.17) is 4.74 Å². The predicted octanol–water partition coefficient (Wildman–Crippen LogP) is 2.61. The minimum Gasteiger partial charge on any atom is -0.444 e. The van der Waals surface area contributed by atoms with Crippen molar-refractivity contribution in [2.45, 2.75) is 65.1 Å². The summed E-state index contributed by atoms with van der Waals surface area (Å²) in [5.41, 5.74) is -0.474. The van der Waals surface area contributed by atoms with Crippen LogP contribution in [0.25, 0.3) is 0 Å². The topological polar surface area (TPSA) is 46.6 Å². The summed E-state index contributed by atoms with van der Waals surface area (Å²) >= 11 is 0. The molecule has 0 aromatic rings. The van der Waals surface area contributed by atoms with E-state index < -0.39 is 5.60 Å². The van der Waals surface area contributed by atoms with Gasteiger partial charge >= 0.3 is 6.09 Å². The molecule has 0 aromatic carbocycles. The SMILES string of the molecule is CC1CC(C=O)CC(C)N1C(=O)OC(C)(C)C. The monoisotopic (exact) mass is 241 g/mol. The third-order valence-corrected chi connectivity index (χ3v) is 3.03. The standard InChI is InChI=1S/C13H23NO3/c1-9-6-11(8-15)7-10(2)14(9)12(16)17-13(3,4)5/h8-11H,6-7H2,1-5H3. The number of amides is 1. The second kappa shape index (κ2) is 5.07. The van der Waals surface area contributed by atoms with Crippen LogP contribution < -0.4 is 0 Å². The zero-order valence-electron chi connectivity index (χ0n) is 11.4. The molecule has 2 unspecified atom stereocenters. The van der Waals surface area contributed by atoms with Crippen molar-refractivity contribution < 1.29 is 14.3 Å². The number of rotatable bonds is 1. The maximum Gasteiger partial charge on any atom is 0.410 e. The first kappa shape index (κ1) is 14.0. The molecule has 0 spiro atoms. The number of hydrogen-bond donors (Lipinski definition) is 0. The Morgan fingerprint density at radius 2 is 1.71 bits per heavy atom. The van der Waals surface area contributed by atoms with Crippen LogP contribution in [0.15, 0.2) is 0 Å². The van der Waals surface area contributed by atoms with Gasteiger partial charge < -0.3 is 14.4 Å². The largest absolute Gasteiger partial charge is 0.444 e. The molecule has 0 aromatic heterocycles. The highest BCUT2D eigenvalue weighted by Gasteiger charge is 2.36. The molecular formula is C13H23NO3. The van der Waals surface area contributed by atoms with Gasteiger partial charge in [-0.2, -0.15) is 0 Å². The smallest absolute Gasteiger partial charge is 0.410 e. The molecule has 0 bridgehead atoms. The van der Waals surface area contributed by atoms with E-state index in [-0.39, 0.29) is 24.1 Å². The maximum absolute atomic E-state index is 12.0. The Bertz CT molecular complexity index is 284. The molecular weight excluding hydrogens is 218 g/mol. The van der Waals surface area contributed by atoms with Crippen molar-refractivity contribution in [1.29, 1.82) is 0 Å². The number of carbonyl (C=O) groups is 2. The van der Waals surface area contributed by atoms with E-state index in [0.29, 0.717) is 0 Å². The van der Waals surface area contributed by atoms with Crippen molar-refractivity contribution in [3.8, 4) is 0 Å². The summed E-state index contributed by atoms with van der Waals surface area (Å²) in [5.74, 6) is 0.0682. The number of carbonyl (C=O) groups excluding carboxylic acids is 2. The lowest BCUT2D eigenvalue weighted by molar-refractivity contribution is -0.113. The van der Waals surface area contributed by atoms with Gasteiger partial charge in [0, 0.05) is 18.0 Å². The molecule has 1 amide bonds. The van der Waals surface area contributed by atoms with Crippen LogP contribution in [-0.4, -0.2) is 35.0 Å². The Balaban J connectivity index is 2.70. The minimum absolute atomic E-state index is 0.0591. The van der Waals surface area contributed by atoms with Gasteiger partial charge in [0.2, 0.25) is 0 Å². The molecule has 4 nitrogen and oxygen atoms in total. The zero-order valence-corrected chi connectivity index (χ0v) is 11.4. The summed E-state index contributed by atoms with van der Waals surface area (Å²) in [7, 11) is 0. The van der Waals surface area contributed by atoms with Gasteiger partial charge in [0.15, 0.2) is 0 Å². The van der Waals surface area contributed by atoms with Crippen molar-refractivity contribution in [2.24, 2.45) is 5.92 Å². The average molecular weight is 241 g/mol. The molecule has 0 aliphatic carbocycles. The van der Waals surface area contributed by atoms with Gasteiger partial charge in [-0.3, -0.25) is 0 Å². The number of aldehydes is 1. The number of hydrogen-bond acceptors (Lipinski definition) is 3. The second-order valence-corrected chi connectivity index (χ2v) is 5.95. The maximum atomic E-state index is 12.0. The minimum atomic E-state index is -0.474. The molecule has 0 saturated carbocycles. The van der Waals surface area contributed by atoms with Crippen LogP contribution in [-0.2, 0) is 9.53 Å². The molecule has 0 N–H and O–H groups in total. The Labute approximate surface area is 103 Å². The fourth-order valence-corrected chi connectivity index (χ4v) is 2.42. The van der Waals surface area contributed by atoms with Gasteiger partial charge in [-0.05, 0) is 47.5 Å². The highest BCUT2D eigenvalue weighted by atomic mass is 16.6. The van der Waals surface area contributed by atoms with Crippen LogP contribution in [0, 0.1) is 5.92 Å². The van der Waals surface area contributed by atoms with Gasteiger partial charge in [0.1, 0.15) is 11.9 Å². The van der Waals surface area contributed by atoms with E-state index in [9.17, 15) is 9.59 Å². The van der Waals surface area contributed by atoms with E-state index >= 15 is 0 Å². The first-order valence-electron chi connectivity index (χ1n) is 6.21. The first-order chi connectivity index (χ1) is 7.74. The van der Waals surface area contributed by atoms with Crippen molar-refractivity contribution in [1.82, 2.24) is 4.90 Å². The molecule has 4 heteroatoms. The normalized spacial score (nSPS) is 29.9. The Kier molecular flexibility index (Phi) is 4.17. The quantitative estimate of drug-likeness (QED) is 0.663. The van der Waals surface area contributed by atoms with E-state index in [1.807, 2.05) is 34.6 Å². The molecule has 1 aliphatic rings. The molecule has 98 valence electrons. The van der Waals surface area contributed by atoms with Crippen molar-refractivity contribution in [3.63, 3.8) is 0 Å². The van der Waals surface area contributed by atoms with Crippen LogP contribution in [0.1, 0.15) is 47.5 Å². The van der Waals surface area contributed by atoms with Crippen LogP contribution in [0.3, 0.4) is 0 Å². The summed E-state index contributed by atoms with van der Waals surface area (Å²) in [6.07, 6.45) is 2.18. The molecule has 0 radical (unpaired) electrons. The molecule has 1 rings (SSSR count). The Hall–Kier alpha value is -1.06. The molecule has 1 heterocycles. The van der Waals surface area contributed by atoms with Gasteiger partial charge in [0.05, 0.1) is 0 Å². The molecule has 1 aliphatic heterocycles. The summed E-state index contributed by atoms with van der Waals surface area (Å²) in [4.78, 5) is 24.6. The highest BCUT2D eigenvalue weighted by molar-refractivity contribution is 5.69. The molecule has 1 saturated heterocycles. The predicted molar refractivity (Wildman–Crippen MR) is 65.8 cm³/mol. The number of ether oxygens (including phenoxy) is 1. The van der Waals surface area contributed by atoms with Crippen LogP contribution in [0.5, 0.6) is 0 Å². The fourth-order valence-electron chi connectivity index (χ4n) is 2.42. The molecule has 2 atom stereocenters. The summed E-state index contributed by atoms with van der Waals surface area (Å²) in [6, 6.07) is 0.118. The number of piperidine rings is 1. The lowest BCUT2D eigenvalue weighted by Gasteiger charge is -2.41. The second-order valence-electron chi connectivity index (χ2n) is 5.95. The first-order valence-corrected chi connectivity index (χ1v) is 6.21. The average Bonchev–Trinajstić information content (AvgIpc) is 2.13. The van der Waals surface area contributed by atoms with E-state index in [2.05, 4.69) is 0 Å². The summed E-state index contributed by atoms with van der Waals surface area (Å²) in [6.45, 7) is 9.52. The van der Waals surface area contributed by atoms with Crippen molar-refractivity contribution in [3.05, 3.63) is 0 Å². The molecule has 17 heavy (non-hydrogen) atoms. The van der Waals surface area contributed by atoms with Crippen LogP contribution in [0.4, 0.5) is 4.79 Å². The summed E-state index contributed by atoms with van der Waals surface area (Å²) < 4.78 is 5.39. The Morgan fingerprint density at radius 3 is 2.06 bits per heavy atom. The highest BCUT2D eigenvalue weighted by Crippen LogP contribution is 2.28. The lowest BCUT2D eigenvalue weighted by Crippen LogP contribution is -2.51. The number of nitrogens with zero attached hydrogens (tertiary/aromatic N) is 1. The van der Waals surface area contributed by atoms with Gasteiger partial charge in [-0.15, -0.1) is 0 Å². The molecule has 1 fully saturated rings. The zero-order chi connectivity index (χ0) is 13.2. The number of likely N-dealkylation sites (tertiary alicyclic amines) is 1. The van der Waals surface area contributed by atoms with E-state index in [0.717, 1.165) is 19.1 Å². The van der Waals surface area contributed by atoms with Crippen molar-refractivity contribution >= 4 is 12.4 Å². The van der Waals surface area contributed by atoms with Crippen molar-refractivity contribution in [2.75, 3.05) is 0 Å². The summed E-state index contributed by atoms with van der Waals surface area (Å²) in [5, 5.41) is 0.